The maximum atomic E-state index is 12.1. The Balaban J connectivity index is 2.67. The first kappa shape index (κ1) is 16.2. The molecule has 1 aromatic carbocycles. The van der Waals surface area contributed by atoms with Gasteiger partial charge in [-0.05, 0) is 45.2 Å². The normalized spacial score (nSPS) is 10.7. The van der Waals surface area contributed by atoms with Gasteiger partial charge in [0.2, 0.25) is 5.91 Å². The molecule has 4 nitrogen and oxygen atoms in total. The summed E-state index contributed by atoms with van der Waals surface area (Å²) in [5, 5.41) is 8.85. The van der Waals surface area contributed by atoms with Gasteiger partial charge in [-0.2, -0.15) is 0 Å². The fraction of sp³-hybridized carbons (Fsp3) is 0.500. The average Bonchev–Trinajstić information content (AvgIpc) is 2.34. The number of carbonyl (C=O) groups is 2. The summed E-state index contributed by atoms with van der Waals surface area (Å²) in [6, 6.07) is 6.06. The van der Waals surface area contributed by atoms with E-state index < -0.39 is 5.97 Å². The molecule has 20 heavy (non-hydrogen) atoms. The van der Waals surface area contributed by atoms with Gasteiger partial charge in [-0.15, -0.1) is 0 Å². The van der Waals surface area contributed by atoms with Crippen molar-refractivity contribution in [1.29, 1.82) is 0 Å². The predicted octanol–water partition coefficient (Wildman–Crippen LogP) is 2.56. The van der Waals surface area contributed by atoms with Gasteiger partial charge < -0.3 is 10.0 Å². The van der Waals surface area contributed by atoms with Crippen LogP contribution >= 0.6 is 0 Å². The summed E-state index contributed by atoms with van der Waals surface area (Å²) < 4.78 is 0. The lowest BCUT2D eigenvalue weighted by atomic mass is 10.0. The Labute approximate surface area is 120 Å². The molecule has 1 rings (SSSR count). The van der Waals surface area contributed by atoms with Gasteiger partial charge in [0.1, 0.15) is 6.54 Å². The van der Waals surface area contributed by atoms with Gasteiger partial charge in [0.15, 0.2) is 0 Å². The third kappa shape index (κ3) is 4.68. The zero-order chi connectivity index (χ0) is 15.3. The zero-order valence-corrected chi connectivity index (χ0v) is 12.6. The van der Waals surface area contributed by atoms with E-state index in [0.717, 1.165) is 5.56 Å². The van der Waals surface area contributed by atoms with E-state index in [1.54, 1.807) is 0 Å². The molecule has 0 unspecified atom stereocenters. The molecule has 0 spiro atoms. The molecular formula is C16H23NO3. The SMILES string of the molecule is Cc1ccc(CCC(=O)N(CC(=O)O)C(C)C)c(C)c1. The van der Waals surface area contributed by atoms with Crippen molar-refractivity contribution < 1.29 is 14.7 Å². The fourth-order valence-electron chi connectivity index (χ4n) is 2.22. The number of nitrogens with zero attached hydrogens (tertiary/aromatic N) is 1. The average molecular weight is 277 g/mol. The highest BCUT2D eigenvalue weighted by molar-refractivity contribution is 5.81. The first-order valence-corrected chi connectivity index (χ1v) is 6.88. The van der Waals surface area contributed by atoms with Crippen LogP contribution in [0.3, 0.4) is 0 Å². The largest absolute Gasteiger partial charge is 0.480 e. The van der Waals surface area contributed by atoms with Crippen molar-refractivity contribution in [3.8, 4) is 0 Å². The Hall–Kier alpha value is -1.84. The molecule has 4 heteroatoms. The van der Waals surface area contributed by atoms with E-state index in [0.29, 0.717) is 12.8 Å². The Morgan fingerprint density at radius 1 is 1.25 bits per heavy atom. The molecule has 0 saturated carbocycles. The number of benzene rings is 1. The minimum absolute atomic E-state index is 0.0993. The van der Waals surface area contributed by atoms with E-state index in [4.69, 9.17) is 5.11 Å². The van der Waals surface area contributed by atoms with E-state index in [-0.39, 0.29) is 18.5 Å². The highest BCUT2D eigenvalue weighted by Crippen LogP contribution is 2.14. The van der Waals surface area contributed by atoms with Crippen LogP contribution in [0.15, 0.2) is 18.2 Å². The van der Waals surface area contributed by atoms with Crippen molar-refractivity contribution in [3.63, 3.8) is 0 Å². The lowest BCUT2D eigenvalue weighted by molar-refractivity contribution is -0.145. The minimum Gasteiger partial charge on any atom is -0.480 e. The van der Waals surface area contributed by atoms with Crippen molar-refractivity contribution >= 4 is 11.9 Å². The van der Waals surface area contributed by atoms with Gasteiger partial charge in [-0.1, -0.05) is 23.8 Å². The van der Waals surface area contributed by atoms with Gasteiger partial charge in [0, 0.05) is 12.5 Å². The van der Waals surface area contributed by atoms with Crippen LogP contribution in [0, 0.1) is 13.8 Å². The number of aliphatic carboxylic acids is 1. The molecule has 0 radical (unpaired) electrons. The highest BCUT2D eigenvalue weighted by Gasteiger charge is 2.19. The van der Waals surface area contributed by atoms with Crippen LogP contribution in [0.4, 0.5) is 0 Å². The van der Waals surface area contributed by atoms with Crippen LogP contribution in [-0.4, -0.2) is 34.5 Å². The molecule has 1 amide bonds. The maximum Gasteiger partial charge on any atom is 0.323 e. The summed E-state index contributed by atoms with van der Waals surface area (Å²) in [5.74, 6) is -1.08. The molecule has 1 N–H and O–H groups in total. The van der Waals surface area contributed by atoms with E-state index in [1.165, 1.54) is 16.0 Å². The molecule has 110 valence electrons. The Morgan fingerprint density at radius 3 is 2.40 bits per heavy atom. The summed E-state index contributed by atoms with van der Waals surface area (Å²) >= 11 is 0. The molecule has 0 bridgehead atoms. The van der Waals surface area contributed by atoms with Crippen LogP contribution in [-0.2, 0) is 16.0 Å². The first-order valence-electron chi connectivity index (χ1n) is 6.88. The lowest BCUT2D eigenvalue weighted by Crippen LogP contribution is -2.40. The van der Waals surface area contributed by atoms with E-state index in [2.05, 4.69) is 6.07 Å². The summed E-state index contributed by atoms with van der Waals surface area (Å²) in [6.45, 7) is 7.50. The Morgan fingerprint density at radius 2 is 1.90 bits per heavy atom. The molecule has 0 aliphatic rings. The van der Waals surface area contributed by atoms with E-state index in [9.17, 15) is 9.59 Å². The molecule has 0 aliphatic carbocycles. The maximum absolute atomic E-state index is 12.1. The van der Waals surface area contributed by atoms with Crippen LogP contribution in [0.1, 0.15) is 37.0 Å². The van der Waals surface area contributed by atoms with Gasteiger partial charge in [0.25, 0.3) is 0 Å². The van der Waals surface area contributed by atoms with Crippen LogP contribution in [0.25, 0.3) is 0 Å². The molecule has 0 heterocycles. The highest BCUT2D eigenvalue weighted by atomic mass is 16.4. The molecule has 0 atom stereocenters. The standard InChI is InChI=1S/C16H23NO3/c1-11(2)17(10-16(19)20)15(18)8-7-14-6-5-12(3)9-13(14)4/h5-6,9,11H,7-8,10H2,1-4H3,(H,19,20). The van der Waals surface area contributed by atoms with Crippen molar-refractivity contribution in [2.75, 3.05) is 6.54 Å². The first-order chi connectivity index (χ1) is 9.31. The quantitative estimate of drug-likeness (QED) is 0.869. The molecular weight excluding hydrogens is 254 g/mol. The van der Waals surface area contributed by atoms with Crippen LogP contribution < -0.4 is 0 Å². The second-order valence-electron chi connectivity index (χ2n) is 5.44. The number of carbonyl (C=O) groups excluding carboxylic acids is 1. The number of carboxylic acid groups (broad SMARTS) is 1. The van der Waals surface area contributed by atoms with Crippen LogP contribution in [0.5, 0.6) is 0 Å². The molecule has 0 saturated heterocycles. The second kappa shape index (κ2) is 7.08. The smallest absolute Gasteiger partial charge is 0.323 e. The van der Waals surface area contributed by atoms with Gasteiger partial charge in [-0.3, -0.25) is 9.59 Å². The number of amides is 1. The van der Waals surface area contributed by atoms with Crippen LogP contribution in [0.2, 0.25) is 0 Å². The van der Waals surface area contributed by atoms with E-state index >= 15 is 0 Å². The lowest BCUT2D eigenvalue weighted by Gasteiger charge is -2.25. The minimum atomic E-state index is -0.974. The van der Waals surface area contributed by atoms with Gasteiger partial charge in [0.05, 0.1) is 0 Å². The van der Waals surface area contributed by atoms with Crippen molar-refractivity contribution in [1.82, 2.24) is 4.90 Å². The number of carboxylic acids is 1. The van der Waals surface area contributed by atoms with Crippen molar-refractivity contribution in [2.45, 2.75) is 46.6 Å². The second-order valence-corrected chi connectivity index (χ2v) is 5.44. The number of hydrogen-bond acceptors (Lipinski definition) is 2. The van der Waals surface area contributed by atoms with Crippen molar-refractivity contribution in [3.05, 3.63) is 34.9 Å². The fourth-order valence-corrected chi connectivity index (χ4v) is 2.22. The molecule has 0 aromatic heterocycles. The summed E-state index contributed by atoms with van der Waals surface area (Å²) in [4.78, 5) is 24.3. The summed E-state index contributed by atoms with van der Waals surface area (Å²) in [5.41, 5.74) is 3.52. The number of hydrogen-bond donors (Lipinski definition) is 1. The van der Waals surface area contributed by atoms with Gasteiger partial charge >= 0.3 is 5.97 Å². The summed E-state index contributed by atoms with van der Waals surface area (Å²) in [6.07, 6.45) is 0.989. The monoisotopic (exact) mass is 277 g/mol. The Kier molecular flexibility index (Phi) is 5.74. The van der Waals surface area contributed by atoms with E-state index in [1.807, 2.05) is 39.8 Å². The predicted molar refractivity (Wildman–Crippen MR) is 78.7 cm³/mol. The molecule has 0 aliphatic heterocycles. The topological polar surface area (TPSA) is 57.6 Å². The molecule has 1 aromatic rings. The summed E-state index contributed by atoms with van der Waals surface area (Å²) in [7, 11) is 0. The molecule has 0 fully saturated rings. The van der Waals surface area contributed by atoms with Crippen molar-refractivity contribution in [2.24, 2.45) is 0 Å². The number of aryl methyl sites for hydroxylation is 3. The van der Waals surface area contributed by atoms with Gasteiger partial charge in [-0.25, -0.2) is 0 Å². The zero-order valence-electron chi connectivity index (χ0n) is 12.6. The number of rotatable bonds is 6. The third-order valence-electron chi connectivity index (χ3n) is 3.36. The Bertz CT molecular complexity index is 494. The third-order valence-corrected chi connectivity index (χ3v) is 3.36.